The van der Waals surface area contributed by atoms with Gasteiger partial charge in [0.25, 0.3) is 0 Å². The van der Waals surface area contributed by atoms with Crippen LogP contribution < -0.4 is 0 Å². The number of rotatable bonds is 5. The predicted octanol–water partition coefficient (Wildman–Crippen LogP) is 5.75. The molecule has 0 spiro atoms. The molecule has 0 saturated carbocycles. The zero-order valence-electron chi connectivity index (χ0n) is 14.2. The lowest BCUT2D eigenvalue weighted by Gasteiger charge is -2.34. The number of benzene rings is 1. The summed E-state index contributed by atoms with van der Waals surface area (Å²) in [6, 6.07) is 5.72. The standard InChI is InChI=1S/C20H28O2/c1-13(2)6-5-7-14(3)17-10-8-15(4)18-11-9-16(20(21)22)12-19(17)18/h6,9,11-12,14-15,17H,5,7-8,10H2,1-4H3,(H,21,22)/t14-,15+,17-/m0/s1. The summed E-state index contributed by atoms with van der Waals surface area (Å²) < 4.78 is 0. The second kappa shape index (κ2) is 7.13. The van der Waals surface area contributed by atoms with Crippen molar-refractivity contribution in [1.82, 2.24) is 0 Å². The summed E-state index contributed by atoms with van der Waals surface area (Å²) in [5.41, 5.74) is 4.44. The van der Waals surface area contributed by atoms with E-state index in [0.29, 0.717) is 23.3 Å². The molecule has 1 aromatic rings. The monoisotopic (exact) mass is 300 g/mol. The Hall–Kier alpha value is -1.57. The van der Waals surface area contributed by atoms with Crippen molar-refractivity contribution < 1.29 is 9.90 Å². The first-order chi connectivity index (χ1) is 10.4. The third kappa shape index (κ3) is 3.79. The van der Waals surface area contributed by atoms with E-state index in [-0.39, 0.29) is 0 Å². The fraction of sp³-hybridized carbons (Fsp3) is 0.550. The minimum Gasteiger partial charge on any atom is -0.478 e. The zero-order chi connectivity index (χ0) is 16.3. The zero-order valence-corrected chi connectivity index (χ0v) is 14.2. The molecule has 2 nitrogen and oxygen atoms in total. The average Bonchev–Trinajstić information content (AvgIpc) is 2.46. The van der Waals surface area contributed by atoms with Gasteiger partial charge in [-0.1, -0.05) is 31.6 Å². The lowest BCUT2D eigenvalue weighted by atomic mass is 9.71. The fourth-order valence-corrected chi connectivity index (χ4v) is 3.65. The summed E-state index contributed by atoms with van der Waals surface area (Å²) in [5, 5.41) is 9.27. The van der Waals surface area contributed by atoms with Crippen LogP contribution in [0.15, 0.2) is 29.8 Å². The third-order valence-corrected chi connectivity index (χ3v) is 5.04. The lowest BCUT2D eigenvalue weighted by Crippen LogP contribution is -2.19. The van der Waals surface area contributed by atoms with Gasteiger partial charge in [-0.3, -0.25) is 0 Å². The first kappa shape index (κ1) is 16.8. The van der Waals surface area contributed by atoms with E-state index < -0.39 is 5.97 Å². The molecule has 0 aromatic heterocycles. The summed E-state index contributed by atoms with van der Waals surface area (Å²) in [5.74, 6) is 0.804. The van der Waals surface area contributed by atoms with Crippen molar-refractivity contribution in [3.05, 3.63) is 46.5 Å². The average molecular weight is 300 g/mol. The Morgan fingerprint density at radius 2 is 2.05 bits per heavy atom. The number of aromatic carboxylic acids is 1. The summed E-state index contributed by atoms with van der Waals surface area (Å²) in [6.07, 6.45) is 6.96. The molecule has 120 valence electrons. The first-order valence-corrected chi connectivity index (χ1v) is 8.40. The van der Waals surface area contributed by atoms with Gasteiger partial charge in [0.2, 0.25) is 0 Å². The van der Waals surface area contributed by atoms with Crippen molar-refractivity contribution in [2.75, 3.05) is 0 Å². The highest BCUT2D eigenvalue weighted by Gasteiger charge is 2.29. The third-order valence-electron chi connectivity index (χ3n) is 5.04. The van der Waals surface area contributed by atoms with Crippen molar-refractivity contribution in [1.29, 1.82) is 0 Å². The van der Waals surface area contributed by atoms with Crippen LogP contribution >= 0.6 is 0 Å². The summed E-state index contributed by atoms with van der Waals surface area (Å²) in [7, 11) is 0. The normalized spacial score (nSPS) is 21.8. The van der Waals surface area contributed by atoms with E-state index in [1.54, 1.807) is 6.07 Å². The highest BCUT2D eigenvalue weighted by Crippen LogP contribution is 2.43. The molecule has 0 aliphatic heterocycles. The highest BCUT2D eigenvalue weighted by atomic mass is 16.4. The highest BCUT2D eigenvalue weighted by molar-refractivity contribution is 5.88. The quantitative estimate of drug-likeness (QED) is 0.703. The maximum atomic E-state index is 11.3. The molecule has 0 heterocycles. The number of carboxylic acids is 1. The molecule has 3 atom stereocenters. The molecule has 0 fully saturated rings. The summed E-state index contributed by atoms with van der Waals surface area (Å²) in [4.78, 5) is 11.3. The molecule has 2 heteroatoms. The Morgan fingerprint density at radius 3 is 2.68 bits per heavy atom. The van der Waals surface area contributed by atoms with E-state index in [2.05, 4.69) is 33.8 Å². The second-order valence-corrected chi connectivity index (χ2v) is 7.07. The van der Waals surface area contributed by atoms with E-state index in [0.717, 1.165) is 6.42 Å². The van der Waals surface area contributed by atoms with Crippen molar-refractivity contribution >= 4 is 5.97 Å². The largest absolute Gasteiger partial charge is 0.478 e. The fourth-order valence-electron chi connectivity index (χ4n) is 3.65. The van der Waals surface area contributed by atoms with Crippen molar-refractivity contribution in [2.24, 2.45) is 5.92 Å². The first-order valence-electron chi connectivity index (χ1n) is 8.40. The van der Waals surface area contributed by atoms with E-state index in [1.807, 2.05) is 12.1 Å². The molecule has 22 heavy (non-hydrogen) atoms. The number of allylic oxidation sites excluding steroid dienone is 2. The van der Waals surface area contributed by atoms with E-state index in [1.165, 1.54) is 36.0 Å². The smallest absolute Gasteiger partial charge is 0.335 e. The molecule has 1 N–H and O–H groups in total. The summed E-state index contributed by atoms with van der Waals surface area (Å²) in [6.45, 7) is 8.85. The van der Waals surface area contributed by atoms with Crippen LogP contribution in [0, 0.1) is 5.92 Å². The molecular formula is C20H28O2. The van der Waals surface area contributed by atoms with Crippen LogP contribution in [0.4, 0.5) is 0 Å². The lowest BCUT2D eigenvalue weighted by molar-refractivity contribution is 0.0696. The van der Waals surface area contributed by atoms with Crippen LogP contribution in [0.25, 0.3) is 0 Å². The van der Waals surface area contributed by atoms with Gasteiger partial charge in [0.15, 0.2) is 0 Å². The molecule has 0 radical (unpaired) electrons. The number of hydrogen-bond acceptors (Lipinski definition) is 1. The minimum absolute atomic E-state index is 0.425. The Labute approximate surface area is 134 Å². The molecule has 0 amide bonds. The van der Waals surface area contributed by atoms with Crippen LogP contribution in [0.1, 0.15) is 86.7 Å². The van der Waals surface area contributed by atoms with Gasteiger partial charge in [0, 0.05) is 0 Å². The maximum absolute atomic E-state index is 11.3. The van der Waals surface area contributed by atoms with Crippen molar-refractivity contribution in [3.8, 4) is 0 Å². The Balaban J connectivity index is 2.24. The van der Waals surface area contributed by atoms with Gasteiger partial charge < -0.3 is 5.11 Å². The van der Waals surface area contributed by atoms with E-state index in [9.17, 15) is 9.90 Å². The van der Waals surface area contributed by atoms with Crippen molar-refractivity contribution in [3.63, 3.8) is 0 Å². The second-order valence-electron chi connectivity index (χ2n) is 7.07. The van der Waals surface area contributed by atoms with Gasteiger partial charge in [-0.2, -0.15) is 0 Å². The minimum atomic E-state index is -0.822. The van der Waals surface area contributed by atoms with Crippen molar-refractivity contribution in [2.45, 2.75) is 65.2 Å². The van der Waals surface area contributed by atoms with Crippen LogP contribution in [0.3, 0.4) is 0 Å². The van der Waals surface area contributed by atoms with E-state index >= 15 is 0 Å². The maximum Gasteiger partial charge on any atom is 0.335 e. The number of fused-ring (bicyclic) bond motifs is 1. The molecule has 1 aromatic carbocycles. The SMILES string of the molecule is CC(C)=CCC[C@H](C)[C@@H]1CC[C@@H](C)c2ccc(C(=O)O)cc21. The summed E-state index contributed by atoms with van der Waals surface area (Å²) >= 11 is 0. The number of carboxylic acid groups (broad SMARTS) is 1. The Bertz CT molecular complexity index is 567. The number of carbonyl (C=O) groups is 1. The van der Waals surface area contributed by atoms with Crippen LogP contribution in [-0.4, -0.2) is 11.1 Å². The molecule has 1 aliphatic rings. The van der Waals surface area contributed by atoms with Gasteiger partial charge in [-0.25, -0.2) is 4.79 Å². The van der Waals surface area contributed by atoms with Crippen LogP contribution in [0.5, 0.6) is 0 Å². The van der Waals surface area contributed by atoms with Gasteiger partial charge in [-0.05, 0) is 80.5 Å². The Morgan fingerprint density at radius 1 is 1.32 bits per heavy atom. The van der Waals surface area contributed by atoms with E-state index in [4.69, 9.17) is 0 Å². The number of hydrogen-bond donors (Lipinski definition) is 1. The van der Waals surface area contributed by atoms with Gasteiger partial charge in [0.05, 0.1) is 5.56 Å². The molecule has 0 bridgehead atoms. The molecule has 0 unspecified atom stereocenters. The Kier molecular flexibility index (Phi) is 5.44. The molecular weight excluding hydrogens is 272 g/mol. The van der Waals surface area contributed by atoms with Crippen LogP contribution in [0.2, 0.25) is 0 Å². The van der Waals surface area contributed by atoms with Crippen LogP contribution in [-0.2, 0) is 0 Å². The molecule has 1 aliphatic carbocycles. The van der Waals surface area contributed by atoms with Gasteiger partial charge in [-0.15, -0.1) is 0 Å². The molecule has 2 rings (SSSR count). The van der Waals surface area contributed by atoms with Gasteiger partial charge in [0.1, 0.15) is 0 Å². The predicted molar refractivity (Wildman–Crippen MR) is 91.6 cm³/mol. The van der Waals surface area contributed by atoms with Gasteiger partial charge >= 0.3 is 5.97 Å². The molecule has 0 saturated heterocycles. The topological polar surface area (TPSA) is 37.3 Å².